The van der Waals surface area contributed by atoms with Crippen molar-refractivity contribution < 1.29 is 33.4 Å². The van der Waals surface area contributed by atoms with Crippen LogP contribution in [-0.2, 0) is 22.7 Å². The molecule has 0 aliphatic carbocycles. The summed E-state index contributed by atoms with van der Waals surface area (Å²) in [6.07, 6.45) is 0. The van der Waals surface area contributed by atoms with Crippen molar-refractivity contribution in [1.82, 2.24) is 0 Å². The zero-order valence-corrected chi connectivity index (χ0v) is 14.5. The maximum atomic E-state index is 12.4. The largest absolute Gasteiger partial charge is 0.467 e. The van der Waals surface area contributed by atoms with E-state index >= 15 is 0 Å². The Morgan fingerprint density at radius 2 is 1.96 bits per heavy atom. The summed E-state index contributed by atoms with van der Waals surface area (Å²) in [5.74, 6) is 0.475. The van der Waals surface area contributed by atoms with Crippen LogP contribution in [0.1, 0.15) is 21.5 Å². The lowest BCUT2D eigenvalue weighted by molar-refractivity contribution is -0.385. The Bertz CT molecular complexity index is 945. The van der Waals surface area contributed by atoms with Crippen molar-refractivity contribution in [3.63, 3.8) is 0 Å². The Labute approximate surface area is 157 Å². The third kappa shape index (κ3) is 3.34. The number of ether oxygens (including phenoxy) is 5. The average molecular weight is 394 g/mol. The van der Waals surface area contributed by atoms with Gasteiger partial charge in [-0.3, -0.25) is 10.1 Å². The number of carbonyl (C=O) groups excluding carboxylic acids is 1. The fourth-order valence-corrected chi connectivity index (χ4v) is 3.07. The van der Waals surface area contributed by atoms with Gasteiger partial charge in [0.05, 0.1) is 22.1 Å². The highest BCUT2D eigenvalue weighted by atomic mass is 35.5. The molecule has 0 unspecified atom stereocenters. The van der Waals surface area contributed by atoms with Crippen LogP contribution in [0, 0.1) is 10.1 Å². The Balaban J connectivity index is 1.56. The quantitative estimate of drug-likeness (QED) is 0.443. The van der Waals surface area contributed by atoms with Crippen LogP contribution >= 0.6 is 11.6 Å². The summed E-state index contributed by atoms with van der Waals surface area (Å²) in [5.41, 5.74) is 0.933. The molecular weight excluding hydrogens is 382 g/mol. The van der Waals surface area contributed by atoms with Gasteiger partial charge in [-0.15, -0.1) is 0 Å². The van der Waals surface area contributed by atoms with Gasteiger partial charge in [0, 0.05) is 23.3 Å². The molecule has 0 saturated carbocycles. The molecule has 2 aromatic carbocycles. The Hall–Kier alpha value is -3.04. The number of benzene rings is 2. The second-order valence-electron chi connectivity index (χ2n) is 5.73. The van der Waals surface area contributed by atoms with Gasteiger partial charge in [-0.05, 0) is 12.1 Å². The minimum atomic E-state index is -0.664. The normalized spacial score (nSPS) is 14.3. The van der Waals surface area contributed by atoms with Crippen LogP contribution < -0.4 is 14.2 Å². The number of rotatable bonds is 4. The third-order valence-corrected chi connectivity index (χ3v) is 4.28. The Morgan fingerprint density at radius 1 is 1.15 bits per heavy atom. The van der Waals surface area contributed by atoms with E-state index in [2.05, 4.69) is 0 Å². The molecule has 27 heavy (non-hydrogen) atoms. The minimum Gasteiger partial charge on any atom is -0.467 e. The van der Waals surface area contributed by atoms with E-state index in [4.69, 9.17) is 35.3 Å². The van der Waals surface area contributed by atoms with Crippen molar-refractivity contribution in [2.75, 3.05) is 13.6 Å². The zero-order valence-electron chi connectivity index (χ0n) is 13.7. The highest BCUT2D eigenvalue weighted by Crippen LogP contribution is 2.40. The molecule has 0 aromatic heterocycles. The molecule has 2 aliphatic heterocycles. The maximum absolute atomic E-state index is 12.4. The van der Waals surface area contributed by atoms with Gasteiger partial charge in [0.15, 0.2) is 18.3 Å². The predicted octanol–water partition coefficient (Wildman–Crippen LogP) is 3.20. The third-order valence-electron chi connectivity index (χ3n) is 4.00. The first-order chi connectivity index (χ1) is 13.0. The molecule has 0 spiro atoms. The van der Waals surface area contributed by atoms with E-state index in [1.807, 2.05) is 0 Å². The highest BCUT2D eigenvalue weighted by molar-refractivity contribution is 6.32. The number of esters is 1. The summed E-state index contributed by atoms with van der Waals surface area (Å²) in [7, 11) is 0. The van der Waals surface area contributed by atoms with E-state index in [0.29, 0.717) is 28.4 Å². The predicted molar refractivity (Wildman–Crippen MR) is 90.1 cm³/mol. The number of halogens is 1. The van der Waals surface area contributed by atoms with Crippen molar-refractivity contribution in [2.45, 2.75) is 13.2 Å². The number of hydrogen-bond acceptors (Lipinski definition) is 8. The van der Waals surface area contributed by atoms with Gasteiger partial charge in [0.2, 0.25) is 6.79 Å². The topological polar surface area (TPSA) is 106 Å². The van der Waals surface area contributed by atoms with E-state index in [9.17, 15) is 14.9 Å². The number of fused-ring (bicyclic) bond motifs is 2. The van der Waals surface area contributed by atoms with Crippen molar-refractivity contribution in [1.29, 1.82) is 0 Å². The molecule has 4 rings (SSSR count). The summed E-state index contributed by atoms with van der Waals surface area (Å²) >= 11 is 6.06. The van der Waals surface area contributed by atoms with Crippen LogP contribution in [0.25, 0.3) is 0 Å². The number of hydrogen-bond donors (Lipinski definition) is 0. The minimum absolute atomic E-state index is 0.0174. The number of carbonyl (C=O) groups is 1. The van der Waals surface area contributed by atoms with Crippen LogP contribution in [0.3, 0.4) is 0 Å². The van der Waals surface area contributed by atoms with Crippen LogP contribution in [0.4, 0.5) is 5.69 Å². The smallest absolute Gasteiger partial charge is 0.338 e. The van der Waals surface area contributed by atoms with E-state index < -0.39 is 10.9 Å². The molecule has 2 aliphatic rings. The Morgan fingerprint density at radius 3 is 2.78 bits per heavy atom. The van der Waals surface area contributed by atoms with Gasteiger partial charge in [-0.25, -0.2) is 4.79 Å². The van der Waals surface area contributed by atoms with Crippen molar-refractivity contribution in [3.8, 4) is 17.2 Å². The van der Waals surface area contributed by atoms with E-state index in [0.717, 1.165) is 0 Å². The SMILES string of the molecule is O=C(OCc1cc([N+](=O)[O-])cc2c1OCOC2)c1cc(Cl)c2c(c1)OCO2. The van der Waals surface area contributed by atoms with Gasteiger partial charge in [-0.1, -0.05) is 11.6 Å². The van der Waals surface area contributed by atoms with E-state index in [1.165, 1.54) is 24.3 Å². The van der Waals surface area contributed by atoms with Gasteiger partial charge >= 0.3 is 5.97 Å². The fraction of sp³-hybridized carbons (Fsp3) is 0.235. The summed E-state index contributed by atoms with van der Waals surface area (Å²) in [6, 6.07) is 5.55. The van der Waals surface area contributed by atoms with Crippen LogP contribution in [0.5, 0.6) is 17.2 Å². The summed E-state index contributed by atoms with van der Waals surface area (Å²) in [4.78, 5) is 23.0. The van der Waals surface area contributed by atoms with Gasteiger partial charge in [0.1, 0.15) is 12.4 Å². The first-order valence-electron chi connectivity index (χ1n) is 7.80. The molecule has 2 aromatic rings. The molecule has 2 heterocycles. The lowest BCUT2D eigenvalue weighted by Crippen LogP contribution is -2.15. The van der Waals surface area contributed by atoms with Crippen molar-refractivity contribution in [3.05, 3.63) is 56.1 Å². The Kier molecular flexibility index (Phi) is 4.46. The molecule has 10 heteroatoms. The monoisotopic (exact) mass is 393 g/mol. The lowest BCUT2D eigenvalue weighted by Gasteiger charge is -2.20. The number of nitro benzene ring substituents is 1. The molecule has 0 amide bonds. The molecule has 140 valence electrons. The second-order valence-corrected chi connectivity index (χ2v) is 6.14. The van der Waals surface area contributed by atoms with E-state index in [-0.39, 0.29) is 43.1 Å². The second kappa shape index (κ2) is 6.93. The zero-order chi connectivity index (χ0) is 19.0. The highest BCUT2D eigenvalue weighted by Gasteiger charge is 2.24. The van der Waals surface area contributed by atoms with Gasteiger partial charge < -0.3 is 23.7 Å². The summed E-state index contributed by atoms with van der Waals surface area (Å²) in [6.45, 7) is 0.000939. The molecule has 0 bridgehead atoms. The van der Waals surface area contributed by atoms with E-state index in [1.54, 1.807) is 0 Å². The van der Waals surface area contributed by atoms with Crippen LogP contribution in [-0.4, -0.2) is 24.5 Å². The molecule has 0 fully saturated rings. The summed E-state index contributed by atoms with van der Waals surface area (Å²) in [5, 5.41) is 11.3. The van der Waals surface area contributed by atoms with Crippen molar-refractivity contribution in [2.24, 2.45) is 0 Å². The lowest BCUT2D eigenvalue weighted by atomic mass is 10.1. The van der Waals surface area contributed by atoms with Gasteiger partial charge in [0.25, 0.3) is 5.69 Å². The fourth-order valence-electron chi connectivity index (χ4n) is 2.81. The maximum Gasteiger partial charge on any atom is 0.338 e. The van der Waals surface area contributed by atoms with Crippen LogP contribution in [0.15, 0.2) is 24.3 Å². The van der Waals surface area contributed by atoms with Gasteiger partial charge in [-0.2, -0.15) is 0 Å². The number of non-ortho nitro benzene ring substituents is 1. The molecule has 9 nitrogen and oxygen atoms in total. The summed E-state index contributed by atoms with van der Waals surface area (Å²) < 4.78 is 26.3. The molecule has 0 atom stereocenters. The average Bonchev–Trinajstić information content (AvgIpc) is 3.14. The standard InChI is InChI=1S/C17H12ClNO8/c18-13-3-9(4-14-16(13)27-8-25-14)17(20)24-6-11-2-12(19(21)22)1-10-5-23-7-26-15(10)11/h1-4H,5-8H2. The number of nitrogens with zero attached hydrogens (tertiary/aromatic N) is 1. The number of nitro groups is 1. The van der Waals surface area contributed by atoms with Crippen LogP contribution in [0.2, 0.25) is 5.02 Å². The molecule has 0 radical (unpaired) electrons. The molecule has 0 N–H and O–H groups in total. The first-order valence-corrected chi connectivity index (χ1v) is 8.17. The first kappa shape index (κ1) is 17.4. The van der Waals surface area contributed by atoms with Crippen molar-refractivity contribution >= 4 is 23.3 Å². The molecular formula is C17H12ClNO8. The molecule has 0 saturated heterocycles.